The fourth-order valence-electron chi connectivity index (χ4n) is 2.17. The van der Waals surface area contributed by atoms with Gasteiger partial charge in [0.1, 0.15) is 10.6 Å². The summed E-state index contributed by atoms with van der Waals surface area (Å²) >= 11 is 3.15. The molecule has 7 nitrogen and oxygen atoms in total. The van der Waals surface area contributed by atoms with Gasteiger partial charge in [-0.2, -0.15) is 0 Å². The van der Waals surface area contributed by atoms with E-state index in [2.05, 4.69) is 26.0 Å². The van der Waals surface area contributed by atoms with Gasteiger partial charge in [-0.1, -0.05) is 0 Å². The van der Waals surface area contributed by atoms with E-state index in [1.807, 2.05) is 0 Å². The van der Waals surface area contributed by atoms with Gasteiger partial charge in [-0.3, -0.25) is 4.79 Å². The number of nitrogens with one attached hydrogen (secondary N) is 1. The molecular weight excluding hydrogens is 376 g/mol. The first-order valence-electron chi connectivity index (χ1n) is 6.02. The van der Waals surface area contributed by atoms with Crippen molar-refractivity contribution in [1.82, 2.24) is 3.97 Å². The fraction of sp³-hybridized carbons (Fsp3) is 0.0769. The number of benzene rings is 1. The predicted molar refractivity (Wildman–Crippen MR) is 80.5 cm³/mol. The first-order chi connectivity index (χ1) is 10.3. The minimum absolute atomic E-state index is 0.0253. The Balaban J connectivity index is 2.26. The summed E-state index contributed by atoms with van der Waals surface area (Å²) in [4.78, 5) is 23.6. The zero-order valence-electron chi connectivity index (χ0n) is 11.2. The molecule has 0 saturated heterocycles. The van der Waals surface area contributed by atoms with Crippen molar-refractivity contribution in [2.45, 2.75) is 4.90 Å². The van der Waals surface area contributed by atoms with Crippen molar-refractivity contribution in [1.29, 1.82) is 0 Å². The molecule has 1 amide bonds. The van der Waals surface area contributed by atoms with Crippen LogP contribution in [0, 0.1) is 0 Å². The van der Waals surface area contributed by atoms with Crippen LogP contribution in [0.5, 0.6) is 0 Å². The number of carbonyl (C=O) groups excluding carboxylic acids is 2. The van der Waals surface area contributed by atoms with Crippen LogP contribution >= 0.6 is 15.9 Å². The molecule has 22 heavy (non-hydrogen) atoms. The van der Waals surface area contributed by atoms with Crippen LogP contribution in [0.1, 0.15) is 20.8 Å². The quantitative estimate of drug-likeness (QED) is 0.756. The van der Waals surface area contributed by atoms with Gasteiger partial charge in [0, 0.05) is 10.7 Å². The summed E-state index contributed by atoms with van der Waals surface area (Å²) in [6.07, 6.45) is 1.30. The van der Waals surface area contributed by atoms with Crippen molar-refractivity contribution in [2.75, 3.05) is 12.4 Å². The van der Waals surface area contributed by atoms with Gasteiger partial charge in [0.05, 0.1) is 18.4 Å². The highest BCUT2D eigenvalue weighted by Crippen LogP contribution is 2.31. The number of rotatable bonds is 1. The van der Waals surface area contributed by atoms with E-state index in [1.165, 1.54) is 37.6 Å². The Morgan fingerprint density at radius 1 is 1.32 bits per heavy atom. The molecule has 0 bridgehead atoms. The molecule has 0 saturated carbocycles. The van der Waals surface area contributed by atoms with Gasteiger partial charge in [0.2, 0.25) is 0 Å². The van der Waals surface area contributed by atoms with E-state index in [0.29, 0.717) is 4.47 Å². The fourth-order valence-corrected chi connectivity index (χ4v) is 4.21. The molecule has 0 radical (unpaired) electrons. The van der Waals surface area contributed by atoms with E-state index in [1.54, 1.807) is 0 Å². The zero-order valence-corrected chi connectivity index (χ0v) is 13.6. The standard InChI is InChI=1S/C13H9BrN2O5S/c1-21-13(18)7-2-3-11-9(4-7)15-12(17)10-5-8(14)6-16(10)22(11,19)20/h2-6H,1H3,(H,15,17). The van der Waals surface area contributed by atoms with Gasteiger partial charge in [-0.25, -0.2) is 17.2 Å². The van der Waals surface area contributed by atoms with Crippen LogP contribution < -0.4 is 5.32 Å². The van der Waals surface area contributed by atoms with Crippen molar-refractivity contribution in [3.63, 3.8) is 0 Å². The SMILES string of the molecule is COC(=O)c1ccc2c(c1)NC(=O)c1cc(Br)cn1S2(=O)=O. The summed E-state index contributed by atoms with van der Waals surface area (Å²) in [6.45, 7) is 0. The van der Waals surface area contributed by atoms with Crippen LogP contribution in [0.25, 0.3) is 0 Å². The smallest absolute Gasteiger partial charge is 0.337 e. The number of ether oxygens (including phenoxy) is 1. The van der Waals surface area contributed by atoms with E-state index in [4.69, 9.17) is 0 Å². The van der Waals surface area contributed by atoms with Crippen molar-refractivity contribution in [2.24, 2.45) is 0 Å². The van der Waals surface area contributed by atoms with Gasteiger partial charge in [0.15, 0.2) is 0 Å². The Labute approximate surface area is 134 Å². The Kier molecular flexibility index (Phi) is 3.33. The lowest BCUT2D eigenvalue weighted by Crippen LogP contribution is -2.16. The molecule has 114 valence electrons. The number of anilines is 1. The minimum Gasteiger partial charge on any atom is -0.465 e. The monoisotopic (exact) mass is 384 g/mol. The summed E-state index contributed by atoms with van der Waals surface area (Å²) in [5.41, 5.74) is 0.153. The molecule has 0 spiro atoms. The summed E-state index contributed by atoms with van der Waals surface area (Å²) in [7, 11) is -2.73. The Hall–Kier alpha value is -2.13. The van der Waals surface area contributed by atoms with Gasteiger partial charge in [0.25, 0.3) is 15.9 Å². The molecule has 1 aromatic carbocycles. The number of amides is 1. The molecule has 1 aromatic heterocycles. The highest BCUT2D eigenvalue weighted by molar-refractivity contribution is 9.10. The van der Waals surface area contributed by atoms with Gasteiger partial charge in [-0.15, -0.1) is 0 Å². The predicted octanol–water partition coefficient (Wildman–Crippen LogP) is 1.84. The van der Waals surface area contributed by atoms with Gasteiger partial charge < -0.3 is 10.1 Å². The van der Waals surface area contributed by atoms with Crippen molar-refractivity contribution < 1.29 is 22.7 Å². The number of esters is 1. The van der Waals surface area contributed by atoms with E-state index in [0.717, 1.165) is 3.97 Å². The molecule has 0 unspecified atom stereocenters. The van der Waals surface area contributed by atoms with Gasteiger partial charge in [-0.05, 0) is 40.2 Å². The molecule has 9 heteroatoms. The lowest BCUT2D eigenvalue weighted by Gasteiger charge is -2.09. The highest BCUT2D eigenvalue weighted by Gasteiger charge is 2.31. The van der Waals surface area contributed by atoms with E-state index in [-0.39, 0.29) is 21.8 Å². The van der Waals surface area contributed by atoms with E-state index >= 15 is 0 Å². The number of methoxy groups -OCH3 is 1. The van der Waals surface area contributed by atoms with Crippen LogP contribution in [-0.4, -0.2) is 31.4 Å². The highest BCUT2D eigenvalue weighted by atomic mass is 79.9. The molecule has 1 N–H and O–H groups in total. The third-order valence-electron chi connectivity index (χ3n) is 3.17. The van der Waals surface area contributed by atoms with Crippen molar-refractivity contribution >= 4 is 43.5 Å². The Morgan fingerprint density at radius 2 is 2.05 bits per heavy atom. The largest absolute Gasteiger partial charge is 0.465 e. The lowest BCUT2D eigenvalue weighted by atomic mass is 10.2. The topological polar surface area (TPSA) is 94.5 Å². The Bertz CT molecular complexity index is 917. The van der Waals surface area contributed by atoms with Crippen molar-refractivity contribution in [3.8, 4) is 0 Å². The number of halogens is 1. The summed E-state index contributed by atoms with van der Waals surface area (Å²) in [5.74, 6) is -1.21. The second-order valence-corrected chi connectivity index (χ2v) is 7.20. The van der Waals surface area contributed by atoms with Gasteiger partial charge >= 0.3 is 5.97 Å². The number of hydrogen-bond donors (Lipinski definition) is 1. The molecular formula is C13H9BrN2O5S. The average Bonchev–Trinajstić information content (AvgIpc) is 2.86. The number of nitrogens with zero attached hydrogens (tertiary/aromatic N) is 1. The summed E-state index contributed by atoms with van der Waals surface area (Å²) < 4.78 is 31.3. The molecule has 2 aromatic rings. The minimum atomic E-state index is -3.95. The number of hydrogen-bond acceptors (Lipinski definition) is 5. The van der Waals surface area contributed by atoms with E-state index in [9.17, 15) is 18.0 Å². The van der Waals surface area contributed by atoms with E-state index < -0.39 is 21.9 Å². The van der Waals surface area contributed by atoms with Crippen LogP contribution in [0.3, 0.4) is 0 Å². The second-order valence-electron chi connectivity index (χ2n) is 4.50. The first-order valence-corrected chi connectivity index (χ1v) is 8.25. The maximum atomic E-state index is 12.7. The average molecular weight is 385 g/mol. The van der Waals surface area contributed by atoms with Crippen LogP contribution in [0.15, 0.2) is 39.8 Å². The van der Waals surface area contributed by atoms with Crippen LogP contribution in [-0.2, 0) is 14.8 Å². The number of fused-ring (bicyclic) bond motifs is 2. The molecule has 0 atom stereocenters. The molecule has 0 fully saturated rings. The number of aromatic nitrogens is 1. The molecule has 1 aliphatic rings. The maximum absolute atomic E-state index is 12.7. The summed E-state index contributed by atoms with van der Waals surface area (Å²) in [5, 5.41) is 2.50. The number of carbonyl (C=O) groups is 2. The zero-order chi connectivity index (χ0) is 16.1. The molecule has 2 heterocycles. The summed E-state index contributed by atoms with van der Waals surface area (Å²) in [6, 6.07) is 5.27. The molecule has 1 aliphatic heterocycles. The van der Waals surface area contributed by atoms with Crippen LogP contribution in [0.2, 0.25) is 0 Å². The molecule has 3 rings (SSSR count). The maximum Gasteiger partial charge on any atom is 0.337 e. The molecule has 0 aliphatic carbocycles. The van der Waals surface area contributed by atoms with Crippen LogP contribution in [0.4, 0.5) is 5.69 Å². The third-order valence-corrected chi connectivity index (χ3v) is 5.34. The lowest BCUT2D eigenvalue weighted by molar-refractivity contribution is 0.0600. The Morgan fingerprint density at radius 3 is 2.73 bits per heavy atom. The first kappa shape index (κ1) is 14.8. The second kappa shape index (κ2) is 4.96. The third kappa shape index (κ3) is 2.13. The van der Waals surface area contributed by atoms with Crippen molar-refractivity contribution in [3.05, 3.63) is 46.2 Å². The normalized spacial score (nSPS) is 15.3.